The van der Waals surface area contributed by atoms with Gasteiger partial charge < -0.3 is 15.4 Å². The van der Waals surface area contributed by atoms with Crippen LogP contribution in [0.15, 0.2) is 24.4 Å². The number of carbonyl (C=O) groups is 2. The maximum atomic E-state index is 15.3. The highest BCUT2D eigenvalue weighted by Crippen LogP contribution is 2.40. The van der Waals surface area contributed by atoms with Gasteiger partial charge in [-0.25, -0.2) is 9.18 Å². The second-order valence-corrected chi connectivity index (χ2v) is 9.71. The van der Waals surface area contributed by atoms with Crippen molar-refractivity contribution in [2.24, 2.45) is 0 Å². The Morgan fingerprint density at radius 2 is 2.18 bits per heavy atom. The Kier molecular flexibility index (Phi) is 6.05. The summed E-state index contributed by atoms with van der Waals surface area (Å²) in [6, 6.07) is 5.15. The van der Waals surface area contributed by atoms with E-state index >= 15 is 4.39 Å². The average Bonchev–Trinajstić information content (AvgIpc) is 3.30. The molecule has 3 aromatic rings. The van der Waals surface area contributed by atoms with Crippen LogP contribution in [0, 0.1) is 12.7 Å². The van der Waals surface area contributed by atoms with Crippen LogP contribution in [-0.4, -0.2) is 54.2 Å². The number of halogens is 2. The second-order valence-electron chi connectivity index (χ2n) is 8.16. The molecule has 3 amide bonds. The molecule has 1 aromatic carbocycles. The molecule has 1 atom stereocenters. The van der Waals surface area contributed by atoms with Crippen LogP contribution in [0.5, 0.6) is 0 Å². The molecule has 172 valence electrons. The van der Waals surface area contributed by atoms with Crippen LogP contribution in [0.1, 0.15) is 16.0 Å². The molecule has 2 saturated heterocycles. The number of ether oxygens (including phenoxy) is 1. The first kappa shape index (κ1) is 22.2. The number of fused-ring (bicyclic) bond motifs is 1. The lowest BCUT2D eigenvalue weighted by Gasteiger charge is -2.25. The lowest BCUT2D eigenvalue weighted by atomic mass is 9.92. The standard InChI is InChI=1S/C23H22ClFN4O3S/c1-12-6-13(24)7-17(16(12)8-14-9-26-4-5-32-14)15-2-3-27-21-20(25)18(33-22(15)21)11-29-19(30)10-28-23(29)31/h2-3,6-7,14,26H,4-5,8-11H2,1H3,(H,28,31). The molecule has 0 radical (unpaired) electrons. The van der Waals surface area contributed by atoms with E-state index in [0.29, 0.717) is 22.8 Å². The van der Waals surface area contributed by atoms with Crippen molar-refractivity contribution in [1.82, 2.24) is 20.5 Å². The lowest BCUT2D eigenvalue weighted by Crippen LogP contribution is -2.39. The summed E-state index contributed by atoms with van der Waals surface area (Å²) in [5.74, 6) is -0.886. The van der Waals surface area contributed by atoms with E-state index in [2.05, 4.69) is 15.6 Å². The molecule has 0 spiro atoms. The number of morpholine rings is 1. The number of carbonyl (C=O) groups excluding carboxylic acids is 2. The van der Waals surface area contributed by atoms with Gasteiger partial charge in [0.15, 0.2) is 5.82 Å². The number of nitrogens with one attached hydrogen (secondary N) is 2. The van der Waals surface area contributed by atoms with Crippen molar-refractivity contribution < 1.29 is 18.7 Å². The number of rotatable bonds is 5. The number of nitrogens with zero attached hydrogens (tertiary/aromatic N) is 2. The van der Waals surface area contributed by atoms with Gasteiger partial charge in [0.05, 0.1) is 35.4 Å². The van der Waals surface area contributed by atoms with Gasteiger partial charge in [-0.15, -0.1) is 11.3 Å². The van der Waals surface area contributed by atoms with E-state index in [4.69, 9.17) is 16.3 Å². The third kappa shape index (κ3) is 4.21. The summed E-state index contributed by atoms with van der Waals surface area (Å²) in [6.07, 6.45) is 2.30. The number of amides is 3. The maximum absolute atomic E-state index is 15.3. The number of imide groups is 1. The molecule has 2 N–H and O–H groups in total. The summed E-state index contributed by atoms with van der Waals surface area (Å²) in [7, 11) is 0. The molecule has 4 heterocycles. The van der Waals surface area contributed by atoms with Crippen molar-refractivity contribution in [2.45, 2.75) is 26.0 Å². The maximum Gasteiger partial charge on any atom is 0.324 e. The zero-order valence-electron chi connectivity index (χ0n) is 17.9. The molecule has 2 aliphatic heterocycles. The number of aryl methyl sites for hydroxylation is 1. The van der Waals surface area contributed by atoms with E-state index in [1.54, 1.807) is 6.20 Å². The van der Waals surface area contributed by atoms with E-state index in [1.807, 2.05) is 25.1 Å². The monoisotopic (exact) mass is 488 g/mol. The van der Waals surface area contributed by atoms with Crippen LogP contribution in [0.2, 0.25) is 5.02 Å². The minimum absolute atomic E-state index is 0.0324. The Morgan fingerprint density at radius 1 is 1.33 bits per heavy atom. The highest BCUT2D eigenvalue weighted by Gasteiger charge is 2.31. The summed E-state index contributed by atoms with van der Waals surface area (Å²) in [5.41, 5.74) is 4.07. The Hall–Kier alpha value is -2.59. The second kappa shape index (κ2) is 8.98. The van der Waals surface area contributed by atoms with Crippen molar-refractivity contribution >= 4 is 45.1 Å². The molecular weight excluding hydrogens is 467 g/mol. The number of hydrogen-bond donors (Lipinski definition) is 2. The Labute approximate surface area is 198 Å². The number of hydrogen-bond acceptors (Lipinski definition) is 6. The summed E-state index contributed by atoms with van der Waals surface area (Å²) in [4.78, 5) is 29.5. The molecular formula is C23H22ClFN4O3S. The van der Waals surface area contributed by atoms with Crippen molar-refractivity contribution in [2.75, 3.05) is 26.2 Å². The SMILES string of the molecule is Cc1cc(Cl)cc(-c2ccnc3c(F)c(CN4C(=O)CNC4=O)sc23)c1CC1CNCCO1. The topological polar surface area (TPSA) is 83.6 Å². The average molecular weight is 489 g/mol. The molecule has 10 heteroatoms. The van der Waals surface area contributed by atoms with Gasteiger partial charge in [-0.2, -0.15) is 0 Å². The van der Waals surface area contributed by atoms with Crippen LogP contribution >= 0.6 is 22.9 Å². The van der Waals surface area contributed by atoms with Crippen LogP contribution in [0.4, 0.5) is 9.18 Å². The summed E-state index contributed by atoms with van der Waals surface area (Å²) >= 11 is 7.63. The van der Waals surface area contributed by atoms with Gasteiger partial charge in [0.1, 0.15) is 5.52 Å². The number of pyridine rings is 1. The van der Waals surface area contributed by atoms with Gasteiger partial charge in [-0.1, -0.05) is 11.6 Å². The minimum Gasteiger partial charge on any atom is -0.375 e. The quantitative estimate of drug-likeness (QED) is 0.536. The van der Waals surface area contributed by atoms with Crippen molar-refractivity contribution in [3.63, 3.8) is 0 Å². The zero-order chi connectivity index (χ0) is 23.1. The Morgan fingerprint density at radius 3 is 2.91 bits per heavy atom. The normalized spacial score (nSPS) is 18.9. The van der Waals surface area contributed by atoms with Crippen molar-refractivity contribution in [1.29, 1.82) is 0 Å². The summed E-state index contributed by atoms with van der Waals surface area (Å²) in [5, 5.41) is 6.41. The first-order chi connectivity index (χ1) is 15.9. The number of urea groups is 1. The smallest absolute Gasteiger partial charge is 0.324 e. The first-order valence-electron chi connectivity index (χ1n) is 10.7. The fourth-order valence-electron chi connectivity index (χ4n) is 4.34. The summed E-state index contributed by atoms with van der Waals surface area (Å²) < 4.78 is 21.9. The Balaban J connectivity index is 1.59. The molecule has 0 bridgehead atoms. The molecule has 1 unspecified atom stereocenters. The highest BCUT2D eigenvalue weighted by atomic mass is 35.5. The molecule has 2 aliphatic rings. The molecule has 2 aromatic heterocycles. The third-order valence-electron chi connectivity index (χ3n) is 5.99. The fourth-order valence-corrected chi connectivity index (χ4v) is 5.77. The molecule has 7 nitrogen and oxygen atoms in total. The fraction of sp³-hybridized carbons (Fsp3) is 0.348. The molecule has 5 rings (SSSR count). The van der Waals surface area contributed by atoms with E-state index < -0.39 is 11.8 Å². The zero-order valence-corrected chi connectivity index (χ0v) is 19.5. The molecule has 0 aliphatic carbocycles. The minimum atomic E-state index is -0.515. The van der Waals surface area contributed by atoms with Crippen molar-refractivity contribution in [3.8, 4) is 11.1 Å². The van der Waals surface area contributed by atoms with Gasteiger partial charge in [0.25, 0.3) is 0 Å². The number of benzene rings is 1. The van der Waals surface area contributed by atoms with E-state index in [9.17, 15) is 9.59 Å². The number of thiophene rings is 1. The summed E-state index contributed by atoms with van der Waals surface area (Å²) in [6.45, 7) is 4.07. The predicted molar refractivity (Wildman–Crippen MR) is 125 cm³/mol. The van der Waals surface area contributed by atoms with Crippen LogP contribution in [0.25, 0.3) is 21.3 Å². The third-order valence-corrected chi connectivity index (χ3v) is 7.38. The first-order valence-corrected chi connectivity index (χ1v) is 11.9. The van der Waals surface area contributed by atoms with E-state index in [1.165, 1.54) is 11.3 Å². The van der Waals surface area contributed by atoms with Gasteiger partial charge in [0.2, 0.25) is 5.91 Å². The Bertz CT molecular complexity index is 1240. The van der Waals surface area contributed by atoms with E-state index in [0.717, 1.165) is 40.2 Å². The lowest BCUT2D eigenvalue weighted by molar-refractivity contribution is -0.125. The van der Waals surface area contributed by atoms with Crippen LogP contribution in [-0.2, 0) is 22.5 Å². The highest BCUT2D eigenvalue weighted by molar-refractivity contribution is 7.19. The molecule has 2 fully saturated rings. The van der Waals surface area contributed by atoms with Gasteiger partial charge in [-0.05, 0) is 41.8 Å². The number of aromatic nitrogens is 1. The predicted octanol–water partition coefficient (Wildman–Crippen LogP) is 3.65. The van der Waals surface area contributed by atoms with Crippen LogP contribution < -0.4 is 10.6 Å². The van der Waals surface area contributed by atoms with Crippen molar-refractivity contribution in [3.05, 3.63) is 51.2 Å². The van der Waals surface area contributed by atoms with Gasteiger partial charge in [-0.3, -0.25) is 14.7 Å². The van der Waals surface area contributed by atoms with Gasteiger partial charge >= 0.3 is 6.03 Å². The molecule has 33 heavy (non-hydrogen) atoms. The van der Waals surface area contributed by atoms with Gasteiger partial charge in [0, 0.05) is 36.3 Å². The van der Waals surface area contributed by atoms with E-state index in [-0.39, 0.29) is 35.5 Å². The molecule has 0 saturated carbocycles. The largest absolute Gasteiger partial charge is 0.375 e. The van der Waals surface area contributed by atoms with Crippen LogP contribution in [0.3, 0.4) is 0 Å².